The Morgan fingerprint density at radius 2 is 1.93 bits per heavy atom. The van der Waals surface area contributed by atoms with E-state index in [9.17, 15) is 22.4 Å². The van der Waals surface area contributed by atoms with Gasteiger partial charge in [0.15, 0.2) is 0 Å². The maximum absolute atomic E-state index is 14.8. The van der Waals surface area contributed by atoms with E-state index in [1.54, 1.807) is 12.1 Å². The van der Waals surface area contributed by atoms with Crippen molar-refractivity contribution in [3.05, 3.63) is 59.4 Å². The summed E-state index contributed by atoms with van der Waals surface area (Å²) in [6.07, 6.45) is -0.633. The largest absolute Gasteiger partial charge is 0.441 e. The molecule has 2 aromatic carbocycles. The van der Waals surface area contributed by atoms with E-state index >= 15 is 0 Å². The van der Waals surface area contributed by atoms with Crippen LogP contribution >= 0.6 is 0 Å². The van der Waals surface area contributed by atoms with Crippen molar-refractivity contribution in [1.29, 1.82) is 0 Å². The molecule has 0 N–H and O–H groups in total. The smallest absolute Gasteiger partial charge is 0.414 e. The van der Waals surface area contributed by atoms with Crippen molar-refractivity contribution in [3.63, 3.8) is 0 Å². The Labute approximate surface area is 166 Å². The molecule has 8 nitrogen and oxygen atoms in total. The quantitative estimate of drug-likeness (QED) is 0.689. The van der Waals surface area contributed by atoms with Crippen LogP contribution in [-0.2, 0) is 25.6 Å². The van der Waals surface area contributed by atoms with Gasteiger partial charge in [-0.2, -0.15) is 8.42 Å². The molecule has 1 atom stereocenters. The first-order valence-corrected chi connectivity index (χ1v) is 10.6. The van der Waals surface area contributed by atoms with Crippen molar-refractivity contribution >= 4 is 33.5 Å². The van der Waals surface area contributed by atoms with Crippen LogP contribution in [0.2, 0.25) is 0 Å². The van der Waals surface area contributed by atoms with Crippen molar-refractivity contribution < 1.29 is 31.3 Å². The summed E-state index contributed by atoms with van der Waals surface area (Å²) < 4.78 is 46.7. The minimum atomic E-state index is -3.67. The van der Waals surface area contributed by atoms with Gasteiger partial charge in [0.2, 0.25) is 0 Å². The van der Waals surface area contributed by atoms with Crippen LogP contribution < -0.4 is 9.80 Å². The van der Waals surface area contributed by atoms with Crippen LogP contribution in [0.1, 0.15) is 15.9 Å². The number of cyclic esters (lactones) is 1. The molecule has 2 heterocycles. The van der Waals surface area contributed by atoms with E-state index in [4.69, 9.17) is 4.74 Å². The van der Waals surface area contributed by atoms with E-state index in [1.165, 1.54) is 21.9 Å². The van der Waals surface area contributed by atoms with Gasteiger partial charge >= 0.3 is 6.09 Å². The zero-order valence-corrected chi connectivity index (χ0v) is 16.2. The number of fused-ring (bicyclic) bond motifs is 1. The summed E-state index contributed by atoms with van der Waals surface area (Å²) in [6.45, 7) is -0.0364. The van der Waals surface area contributed by atoms with E-state index in [1.807, 2.05) is 12.1 Å². The molecule has 0 bridgehead atoms. The van der Waals surface area contributed by atoms with Crippen LogP contribution in [-0.4, -0.2) is 45.9 Å². The molecule has 0 spiro atoms. The second kappa shape index (κ2) is 7.12. The van der Waals surface area contributed by atoms with Crippen LogP contribution in [0.4, 0.5) is 20.6 Å². The predicted molar refractivity (Wildman–Crippen MR) is 102 cm³/mol. The number of anilines is 2. The number of carbonyl (C=O) groups excluding carboxylic acids is 2. The monoisotopic (exact) mass is 420 g/mol. The normalized spacial score (nSPS) is 18.9. The highest BCUT2D eigenvalue weighted by Crippen LogP contribution is 2.33. The lowest BCUT2D eigenvalue weighted by molar-refractivity contribution is 0.0995. The van der Waals surface area contributed by atoms with Gasteiger partial charge in [-0.15, -0.1) is 0 Å². The highest BCUT2D eigenvalue weighted by atomic mass is 32.2. The van der Waals surface area contributed by atoms with Gasteiger partial charge in [0.1, 0.15) is 18.5 Å². The Kier molecular flexibility index (Phi) is 4.75. The Morgan fingerprint density at radius 1 is 1.17 bits per heavy atom. The highest BCUT2D eigenvalue weighted by molar-refractivity contribution is 7.85. The molecule has 2 amide bonds. The lowest BCUT2D eigenvalue weighted by Gasteiger charge is -2.19. The summed E-state index contributed by atoms with van der Waals surface area (Å²) in [6, 6.07) is 11.2. The molecule has 2 aliphatic rings. The van der Waals surface area contributed by atoms with Gasteiger partial charge in [0.05, 0.1) is 30.7 Å². The molecular formula is C19H17FN2O6S. The topological polar surface area (TPSA) is 93.2 Å². The minimum Gasteiger partial charge on any atom is -0.441 e. The third kappa shape index (κ3) is 3.81. The summed E-state index contributed by atoms with van der Waals surface area (Å²) >= 11 is 0. The van der Waals surface area contributed by atoms with Gasteiger partial charge in [0, 0.05) is 5.56 Å². The fraction of sp³-hybridized carbons (Fsp3) is 0.263. The van der Waals surface area contributed by atoms with Crippen molar-refractivity contribution in [2.75, 3.05) is 29.2 Å². The molecule has 1 saturated heterocycles. The number of rotatable bonds is 5. The zero-order chi connectivity index (χ0) is 20.8. The average molecular weight is 420 g/mol. The summed E-state index contributed by atoms with van der Waals surface area (Å²) in [5.74, 6) is -0.946. The van der Waals surface area contributed by atoms with Gasteiger partial charge in [-0.05, 0) is 29.8 Å². The Hall–Kier alpha value is -2.98. The van der Waals surface area contributed by atoms with Crippen LogP contribution in [0.5, 0.6) is 0 Å². The van der Waals surface area contributed by atoms with Crippen LogP contribution in [0.15, 0.2) is 42.5 Å². The standard InChI is InChI=1S/C19H17FN2O6S/c1-29(25,26)27-11-14-10-21(19(24)28-14)13-6-7-17(16(20)8-13)22-9-12-4-2-3-5-15(12)18(22)23/h2-8,14H,9-11H2,1H3. The second-order valence-corrected chi connectivity index (χ2v) is 8.43. The van der Waals surface area contributed by atoms with E-state index in [2.05, 4.69) is 4.18 Å². The third-order valence-electron chi connectivity index (χ3n) is 4.70. The van der Waals surface area contributed by atoms with Gasteiger partial charge in [-0.25, -0.2) is 9.18 Å². The van der Waals surface area contributed by atoms with Crippen LogP contribution in [0.3, 0.4) is 0 Å². The van der Waals surface area contributed by atoms with Crippen LogP contribution in [0.25, 0.3) is 0 Å². The Balaban J connectivity index is 1.51. The summed E-state index contributed by atoms with van der Waals surface area (Å²) in [5, 5.41) is 0. The van der Waals surface area contributed by atoms with Gasteiger partial charge in [-0.1, -0.05) is 18.2 Å². The number of hydrogen-bond acceptors (Lipinski definition) is 6. The number of halogens is 1. The number of nitrogens with zero attached hydrogens (tertiary/aromatic N) is 2. The number of carbonyl (C=O) groups is 2. The zero-order valence-electron chi connectivity index (χ0n) is 15.4. The van der Waals surface area contributed by atoms with E-state index < -0.39 is 28.1 Å². The van der Waals surface area contributed by atoms with Crippen LogP contribution in [0, 0.1) is 5.82 Å². The fourth-order valence-electron chi connectivity index (χ4n) is 3.35. The summed E-state index contributed by atoms with van der Waals surface area (Å²) in [7, 11) is -3.67. The third-order valence-corrected chi connectivity index (χ3v) is 5.26. The van der Waals surface area contributed by atoms with Crippen molar-refractivity contribution in [1.82, 2.24) is 0 Å². The SMILES string of the molecule is CS(=O)(=O)OCC1CN(c2ccc(N3Cc4ccccc4C3=O)c(F)c2)C(=O)O1. The molecule has 2 aromatic rings. The fourth-order valence-corrected chi connectivity index (χ4v) is 3.75. The Bertz CT molecular complexity index is 1100. The molecule has 1 unspecified atom stereocenters. The minimum absolute atomic E-state index is 0.0151. The summed E-state index contributed by atoms with van der Waals surface area (Å²) in [4.78, 5) is 27.2. The number of ether oxygens (including phenoxy) is 1. The van der Waals surface area contributed by atoms with E-state index in [0.717, 1.165) is 17.9 Å². The lowest BCUT2D eigenvalue weighted by atomic mass is 10.1. The maximum Gasteiger partial charge on any atom is 0.414 e. The predicted octanol–water partition coefficient (Wildman–Crippen LogP) is 2.29. The molecular weight excluding hydrogens is 403 g/mol. The molecule has 2 aliphatic heterocycles. The molecule has 0 aliphatic carbocycles. The molecule has 152 valence electrons. The van der Waals surface area contributed by atoms with Gasteiger partial charge < -0.3 is 9.64 Å². The molecule has 0 radical (unpaired) electrons. The van der Waals surface area contributed by atoms with Gasteiger partial charge in [0.25, 0.3) is 16.0 Å². The highest BCUT2D eigenvalue weighted by Gasteiger charge is 2.35. The van der Waals surface area contributed by atoms with E-state index in [0.29, 0.717) is 5.56 Å². The number of amides is 2. The molecule has 0 saturated carbocycles. The average Bonchev–Trinajstić information content (AvgIpc) is 3.20. The molecule has 29 heavy (non-hydrogen) atoms. The Morgan fingerprint density at radius 3 is 2.62 bits per heavy atom. The van der Waals surface area contributed by atoms with Crippen molar-refractivity contribution in [2.45, 2.75) is 12.6 Å². The van der Waals surface area contributed by atoms with Crippen molar-refractivity contribution in [2.24, 2.45) is 0 Å². The summed E-state index contributed by atoms with van der Waals surface area (Å²) in [5.41, 5.74) is 1.70. The maximum atomic E-state index is 14.8. The molecule has 4 rings (SSSR count). The molecule has 1 fully saturated rings. The van der Waals surface area contributed by atoms with Gasteiger partial charge in [-0.3, -0.25) is 13.9 Å². The first kappa shape index (κ1) is 19.3. The number of hydrogen-bond donors (Lipinski definition) is 0. The molecule has 0 aromatic heterocycles. The number of benzene rings is 2. The lowest BCUT2D eigenvalue weighted by Crippen LogP contribution is -2.27. The first-order valence-electron chi connectivity index (χ1n) is 8.75. The van der Waals surface area contributed by atoms with Crippen molar-refractivity contribution in [3.8, 4) is 0 Å². The molecule has 10 heteroatoms. The first-order chi connectivity index (χ1) is 13.7. The second-order valence-electron chi connectivity index (χ2n) is 6.79. The van der Waals surface area contributed by atoms with E-state index in [-0.39, 0.29) is 37.0 Å².